The maximum absolute atomic E-state index is 13.2. The first-order chi connectivity index (χ1) is 19.4. The second-order valence-corrected chi connectivity index (χ2v) is 11.5. The molecule has 3 aromatic rings. The molecule has 2 saturated heterocycles. The summed E-state index contributed by atoms with van der Waals surface area (Å²) in [5.74, 6) is 0.840. The summed E-state index contributed by atoms with van der Waals surface area (Å²) in [4.78, 5) is 27.1. The van der Waals surface area contributed by atoms with Crippen LogP contribution in [0.25, 0.3) is 11.3 Å². The van der Waals surface area contributed by atoms with Gasteiger partial charge in [0.15, 0.2) is 0 Å². The molecule has 1 aromatic heterocycles. The molecule has 0 spiro atoms. The van der Waals surface area contributed by atoms with Crippen molar-refractivity contribution in [2.45, 2.75) is 76.2 Å². The molecular weight excluding hydrogens is 553 g/mol. The number of hydrogen-bond donors (Lipinski definition) is 1. The largest absolute Gasteiger partial charge is 0.462 e. The first kappa shape index (κ1) is 27.1. The fraction of sp³-hybridized carbons (Fsp3) is 0.433. The third-order valence-electron chi connectivity index (χ3n) is 8.00. The summed E-state index contributed by atoms with van der Waals surface area (Å²) in [6.07, 6.45) is 5.57. The zero-order valence-electron chi connectivity index (χ0n) is 22.2. The number of rotatable bonds is 8. The summed E-state index contributed by atoms with van der Waals surface area (Å²) in [5, 5.41) is 8.41. The Bertz CT molecular complexity index is 1370. The monoisotopic (exact) mass is 583 g/mol. The zero-order valence-corrected chi connectivity index (χ0v) is 23.7. The van der Waals surface area contributed by atoms with Gasteiger partial charge in [-0.2, -0.15) is 0 Å². The van der Waals surface area contributed by atoms with Gasteiger partial charge >= 0.3 is 12.0 Å². The Balaban J connectivity index is 1.11. The molecule has 2 aliphatic heterocycles. The van der Waals surface area contributed by atoms with Gasteiger partial charge in [0.05, 0.1) is 34.9 Å². The fourth-order valence-electron chi connectivity index (χ4n) is 5.94. The number of carbonyl (C=O) groups is 2. The van der Waals surface area contributed by atoms with Crippen molar-refractivity contribution >= 4 is 40.9 Å². The fourth-order valence-corrected chi connectivity index (χ4v) is 6.51. The van der Waals surface area contributed by atoms with Crippen molar-refractivity contribution in [3.63, 3.8) is 0 Å². The molecule has 2 bridgehead atoms. The number of benzene rings is 2. The van der Waals surface area contributed by atoms with Crippen LogP contribution in [0.3, 0.4) is 0 Å². The maximum Gasteiger partial charge on any atom is 0.338 e. The summed E-state index contributed by atoms with van der Waals surface area (Å²) in [6.45, 7) is 2.44. The van der Waals surface area contributed by atoms with Crippen LogP contribution in [0.5, 0.6) is 0 Å². The van der Waals surface area contributed by atoms with Crippen LogP contribution in [-0.4, -0.2) is 46.9 Å². The smallest absolute Gasteiger partial charge is 0.338 e. The summed E-state index contributed by atoms with van der Waals surface area (Å²) in [7, 11) is 0. The summed E-state index contributed by atoms with van der Waals surface area (Å²) < 4.78 is 17.3. The number of halogens is 2. The van der Waals surface area contributed by atoms with E-state index in [-0.39, 0.29) is 30.2 Å². The molecule has 210 valence electrons. The molecule has 3 heterocycles. The third kappa shape index (κ3) is 5.45. The van der Waals surface area contributed by atoms with Crippen LogP contribution in [-0.2, 0) is 16.1 Å². The minimum Gasteiger partial charge on any atom is -0.462 e. The lowest BCUT2D eigenvalue weighted by atomic mass is 9.99. The highest BCUT2D eigenvalue weighted by Crippen LogP contribution is 2.46. The number of carbonyl (C=O) groups excluding carboxylic acids is 2. The molecule has 2 aromatic carbocycles. The highest BCUT2D eigenvalue weighted by atomic mass is 35.5. The van der Waals surface area contributed by atoms with Gasteiger partial charge < -0.3 is 24.2 Å². The maximum atomic E-state index is 13.2. The first-order valence-corrected chi connectivity index (χ1v) is 14.6. The SMILES string of the molecule is CCOC(=O)c1ccc(NC(=O)N2C3CC[C@H]2CC(OCc2c(-c4c(Cl)cccc4Cl)noc2C2CC2)C3)cc1. The Labute approximate surface area is 242 Å². The summed E-state index contributed by atoms with van der Waals surface area (Å²) >= 11 is 13.0. The molecular formula is C30H31Cl2N3O5. The predicted octanol–water partition coefficient (Wildman–Crippen LogP) is 7.45. The van der Waals surface area contributed by atoms with E-state index < -0.39 is 0 Å². The van der Waals surface area contributed by atoms with Gasteiger partial charge in [-0.3, -0.25) is 0 Å². The van der Waals surface area contributed by atoms with Crippen molar-refractivity contribution in [3.8, 4) is 11.3 Å². The average molecular weight is 584 g/mol. The number of amides is 2. The molecule has 6 rings (SSSR count). The van der Waals surface area contributed by atoms with Crippen LogP contribution in [0.4, 0.5) is 10.5 Å². The van der Waals surface area contributed by atoms with E-state index in [0.29, 0.717) is 51.7 Å². The third-order valence-corrected chi connectivity index (χ3v) is 8.63. The predicted molar refractivity (Wildman–Crippen MR) is 152 cm³/mol. The molecule has 0 radical (unpaired) electrons. The Morgan fingerprint density at radius 3 is 2.33 bits per heavy atom. The summed E-state index contributed by atoms with van der Waals surface area (Å²) in [5.41, 5.74) is 3.32. The van der Waals surface area contributed by atoms with Gasteiger partial charge in [-0.25, -0.2) is 9.59 Å². The number of aromatic nitrogens is 1. The van der Waals surface area contributed by atoms with Gasteiger partial charge in [-0.15, -0.1) is 0 Å². The van der Waals surface area contributed by atoms with Crippen molar-refractivity contribution in [1.29, 1.82) is 0 Å². The minimum absolute atomic E-state index is 0.0157. The molecule has 40 heavy (non-hydrogen) atoms. The Morgan fingerprint density at radius 1 is 1.02 bits per heavy atom. The number of fused-ring (bicyclic) bond motifs is 2. The van der Waals surface area contributed by atoms with Gasteiger partial charge in [0.2, 0.25) is 0 Å². The first-order valence-electron chi connectivity index (χ1n) is 13.8. The second kappa shape index (κ2) is 11.4. The quantitative estimate of drug-likeness (QED) is 0.277. The van der Waals surface area contributed by atoms with Gasteiger partial charge in [0.1, 0.15) is 11.5 Å². The average Bonchev–Trinajstić information content (AvgIpc) is 3.64. The Morgan fingerprint density at radius 2 is 1.70 bits per heavy atom. The van der Waals surface area contributed by atoms with E-state index in [1.807, 2.05) is 11.0 Å². The molecule has 2 amide bonds. The second-order valence-electron chi connectivity index (χ2n) is 10.7. The standard InChI is InChI=1S/C30H31Cl2N3O5/c1-2-38-29(36)18-8-10-19(11-9-18)33-30(37)35-20-12-13-21(35)15-22(14-20)39-16-23-27(34-40-28(23)17-6-7-17)26-24(31)4-3-5-25(26)32/h3-5,8-11,17,20-22H,2,6-7,12-16H2,1H3,(H,33,37)/t20-,21?,22?/m0/s1. The van der Waals surface area contributed by atoms with Crippen molar-refractivity contribution < 1.29 is 23.6 Å². The van der Waals surface area contributed by atoms with E-state index in [9.17, 15) is 9.59 Å². The van der Waals surface area contributed by atoms with E-state index in [4.69, 9.17) is 37.2 Å². The van der Waals surface area contributed by atoms with Crippen LogP contribution in [0.2, 0.25) is 10.0 Å². The highest BCUT2D eigenvalue weighted by Gasteiger charge is 2.44. The van der Waals surface area contributed by atoms with E-state index >= 15 is 0 Å². The van der Waals surface area contributed by atoms with E-state index in [1.54, 1.807) is 43.3 Å². The molecule has 1 aliphatic carbocycles. The Hall–Kier alpha value is -3.07. The van der Waals surface area contributed by atoms with E-state index in [1.165, 1.54) is 0 Å². The molecule has 1 saturated carbocycles. The number of nitrogens with one attached hydrogen (secondary N) is 1. The van der Waals surface area contributed by atoms with Crippen molar-refractivity contribution in [1.82, 2.24) is 10.1 Å². The molecule has 3 aliphatic rings. The van der Waals surface area contributed by atoms with Crippen LogP contribution in [0.1, 0.15) is 73.0 Å². The molecule has 10 heteroatoms. The highest BCUT2D eigenvalue weighted by molar-refractivity contribution is 6.39. The van der Waals surface area contributed by atoms with E-state index in [2.05, 4.69) is 10.5 Å². The molecule has 3 fully saturated rings. The molecule has 1 N–H and O–H groups in total. The Kier molecular flexibility index (Phi) is 7.75. The van der Waals surface area contributed by atoms with Crippen molar-refractivity contribution in [2.75, 3.05) is 11.9 Å². The molecule has 2 unspecified atom stereocenters. The number of nitrogens with zero attached hydrogens (tertiary/aromatic N) is 2. The normalized spacial score (nSPS) is 21.9. The number of piperidine rings is 1. The topological polar surface area (TPSA) is 93.9 Å². The molecule has 3 atom stereocenters. The minimum atomic E-state index is -0.377. The van der Waals surface area contributed by atoms with Gasteiger partial charge in [-0.05, 0) is 81.8 Å². The zero-order chi connectivity index (χ0) is 27.8. The lowest BCUT2D eigenvalue weighted by Gasteiger charge is -2.38. The lowest BCUT2D eigenvalue weighted by molar-refractivity contribution is -0.0158. The number of urea groups is 1. The van der Waals surface area contributed by atoms with Crippen molar-refractivity contribution in [2.24, 2.45) is 0 Å². The van der Waals surface area contributed by atoms with Gasteiger partial charge in [-0.1, -0.05) is 34.4 Å². The number of ether oxygens (including phenoxy) is 2. The van der Waals surface area contributed by atoms with Crippen LogP contribution >= 0.6 is 23.2 Å². The van der Waals surface area contributed by atoms with Crippen molar-refractivity contribution in [3.05, 3.63) is 69.4 Å². The van der Waals surface area contributed by atoms with Gasteiger partial charge in [0.25, 0.3) is 0 Å². The van der Waals surface area contributed by atoms with Gasteiger partial charge in [0, 0.05) is 34.8 Å². The lowest BCUT2D eigenvalue weighted by Crippen LogP contribution is -2.50. The number of esters is 1. The van der Waals surface area contributed by atoms with Crippen LogP contribution in [0.15, 0.2) is 47.0 Å². The summed E-state index contributed by atoms with van der Waals surface area (Å²) in [6, 6.07) is 12.3. The molecule has 8 nitrogen and oxygen atoms in total. The number of anilines is 1. The van der Waals surface area contributed by atoms with E-state index in [0.717, 1.165) is 49.8 Å². The number of hydrogen-bond acceptors (Lipinski definition) is 6. The van der Waals surface area contributed by atoms with Crippen LogP contribution in [0, 0.1) is 0 Å². The van der Waals surface area contributed by atoms with Crippen LogP contribution < -0.4 is 5.32 Å².